The number of methoxy groups -OCH3 is 1. The van der Waals surface area contributed by atoms with Crippen molar-refractivity contribution in [3.05, 3.63) is 35.4 Å². The molecular formula is C11H7F5N4O. The van der Waals surface area contributed by atoms with Gasteiger partial charge in [0.15, 0.2) is 29.1 Å². The maximum absolute atomic E-state index is 13.5. The van der Waals surface area contributed by atoms with Gasteiger partial charge in [0.1, 0.15) is 17.7 Å². The van der Waals surface area contributed by atoms with Crippen molar-refractivity contribution in [1.82, 2.24) is 9.97 Å². The molecule has 0 spiro atoms. The van der Waals surface area contributed by atoms with E-state index in [0.717, 1.165) is 6.33 Å². The normalized spacial score (nSPS) is 10.6. The lowest BCUT2D eigenvalue weighted by Crippen LogP contribution is -2.09. The summed E-state index contributed by atoms with van der Waals surface area (Å²) in [6.07, 6.45) is 0.934. The Kier molecular flexibility index (Phi) is 3.78. The smallest absolute Gasteiger partial charge is 0.242 e. The predicted molar refractivity (Wildman–Crippen MR) is 62.5 cm³/mol. The van der Waals surface area contributed by atoms with Crippen LogP contribution >= 0.6 is 0 Å². The third kappa shape index (κ3) is 2.39. The second-order valence-electron chi connectivity index (χ2n) is 3.72. The highest BCUT2D eigenvalue weighted by molar-refractivity contribution is 5.72. The van der Waals surface area contributed by atoms with E-state index >= 15 is 0 Å². The number of nitrogens with one attached hydrogen (secondary N) is 1. The van der Waals surface area contributed by atoms with Crippen molar-refractivity contribution in [2.75, 3.05) is 18.2 Å². The molecule has 1 aromatic carbocycles. The maximum Gasteiger partial charge on any atom is 0.242 e. The van der Waals surface area contributed by atoms with Gasteiger partial charge in [-0.2, -0.15) is 4.98 Å². The van der Waals surface area contributed by atoms with Crippen LogP contribution in [0.15, 0.2) is 6.33 Å². The second kappa shape index (κ2) is 5.38. The van der Waals surface area contributed by atoms with E-state index in [1.807, 2.05) is 5.32 Å². The Hall–Kier alpha value is -2.65. The van der Waals surface area contributed by atoms with Gasteiger partial charge >= 0.3 is 0 Å². The molecule has 1 aromatic heterocycles. The van der Waals surface area contributed by atoms with Crippen molar-refractivity contribution >= 4 is 17.2 Å². The first kappa shape index (κ1) is 14.8. The number of hydrogen-bond acceptors (Lipinski definition) is 5. The molecule has 2 rings (SSSR count). The van der Waals surface area contributed by atoms with Crippen molar-refractivity contribution in [1.29, 1.82) is 0 Å². The summed E-state index contributed by atoms with van der Waals surface area (Å²) in [5.74, 6) is -11.0. The van der Waals surface area contributed by atoms with Crippen LogP contribution in [0.1, 0.15) is 0 Å². The molecule has 0 fully saturated rings. The standard InChI is InChI=1S/C11H7F5N4O/c1-21-11-8(17)10(18-2-19-11)20-9-6(15)4(13)3(12)5(14)7(9)16/h2H,17H2,1H3,(H,18,19,20). The molecule has 0 atom stereocenters. The first-order valence-electron chi connectivity index (χ1n) is 5.31. The first-order valence-corrected chi connectivity index (χ1v) is 5.31. The molecule has 0 saturated carbocycles. The van der Waals surface area contributed by atoms with E-state index in [0.29, 0.717) is 0 Å². The zero-order valence-corrected chi connectivity index (χ0v) is 10.3. The number of hydrogen-bond donors (Lipinski definition) is 2. The van der Waals surface area contributed by atoms with Crippen LogP contribution in [0.4, 0.5) is 39.1 Å². The molecular weight excluding hydrogens is 299 g/mol. The monoisotopic (exact) mass is 306 g/mol. The van der Waals surface area contributed by atoms with Crippen LogP contribution in [-0.2, 0) is 0 Å². The summed E-state index contributed by atoms with van der Waals surface area (Å²) in [5, 5.41) is 1.94. The Morgan fingerprint density at radius 1 is 0.952 bits per heavy atom. The molecule has 0 bridgehead atoms. The molecule has 112 valence electrons. The highest BCUT2D eigenvalue weighted by Crippen LogP contribution is 2.32. The molecule has 0 saturated heterocycles. The van der Waals surface area contributed by atoms with E-state index in [1.54, 1.807) is 0 Å². The summed E-state index contributed by atoms with van der Waals surface area (Å²) >= 11 is 0. The van der Waals surface area contributed by atoms with Gasteiger partial charge in [-0.25, -0.2) is 26.9 Å². The lowest BCUT2D eigenvalue weighted by Gasteiger charge is -2.12. The third-order valence-electron chi connectivity index (χ3n) is 2.49. The molecule has 10 heteroatoms. The topological polar surface area (TPSA) is 73.1 Å². The Morgan fingerprint density at radius 3 is 2.00 bits per heavy atom. The van der Waals surface area contributed by atoms with Gasteiger partial charge in [-0.05, 0) is 0 Å². The van der Waals surface area contributed by atoms with Gasteiger partial charge in [0.05, 0.1) is 7.11 Å². The van der Waals surface area contributed by atoms with Gasteiger partial charge in [-0.1, -0.05) is 0 Å². The third-order valence-corrected chi connectivity index (χ3v) is 2.49. The number of aromatic nitrogens is 2. The molecule has 0 aliphatic rings. The number of ether oxygens (including phenoxy) is 1. The van der Waals surface area contributed by atoms with Gasteiger partial charge in [0, 0.05) is 0 Å². The number of anilines is 3. The highest BCUT2D eigenvalue weighted by atomic mass is 19.2. The maximum atomic E-state index is 13.5. The Bertz CT molecular complexity index is 680. The van der Waals surface area contributed by atoms with Crippen LogP contribution in [-0.4, -0.2) is 17.1 Å². The van der Waals surface area contributed by atoms with Gasteiger partial charge in [0.25, 0.3) is 0 Å². The van der Waals surface area contributed by atoms with Crippen LogP contribution in [0.2, 0.25) is 0 Å². The Morgan fingerprint density at radius 2 is 1.48 bits per heavy atom. The molecule has 0 aliphatic heterocycles. The van der Waals surface area contributed by atoms with E-state index in [9.17, 15) is 22.0 Å². The number of halogens is 5. The van der Waals surface area contributed by atoms with Crippen LogP contribution in [0.3, 0.4) is 0 Å². The SMILES string of the molecule is COc1ncnc(Nc2c(F)c(F)c(F)c(F)c2F)c1N. The average molecular weight is 306 g/mol. The minimum Gasteiger partial charge on any atom is -0.479 e. The molecule has 0 radical (unpaired) electrons. The van der Waals surface area contributed by atoms with Crippen molar-refractivity contribution in [3.63, 3.8) is 0 Å². The molecule has 2 aromatic rings. The zero-order valence-electron chi connectivity index (χ0n) is 10.3. The number of nitrogen functional groups attached to an aromatic ring is 1. The van der Waals surface area contributed by atoms with Crippen LogP contribution in [0, 0.1) is 29.1 Å². The first-order chi connectivity index (χ1) is 9.88. The van der Waals surface area contributed by atoms with Crippen molar-refractivity contribution in [2.45, 2.75) is 0 Å². The molecule has 21 heavy (non-hydrogen) atoms. The minimum absolute atomic E-state index is 0.128. The quantitative estimate of drug-likeness (QED) is 0.518. The second-order valence-corrected chi connectivity index (χ2v) is 3.72. The lowest BCUT2D eigenvalue weighted by molar-refractivity contribution is 0.382. The largest absolute Gasteiger partial charge is 0.479 e. The molecule has 0 aliphatic carbocycles. The number of nitrogens with two attached hydrogens (primary N) is 1. The Balaban J connectivity index is 2.55. The molecule has 1 heterocycles. The van der Waals surface area contributed by atoms with E-state index < -0.39 is 34.8 Å². The summed E-state index contributed by atoms with van der Waals surface area (Å²) in [6.45, 7) is 0. The number of rotatable bonds is 3. The number of benzene rings is 1. The van der Waals surface area contributed by atoms with Gasteiger partial charge in [-0.15, -0.1) is 0 Å². The zero-order chi connectivity index (χ0) is 15.7. The van der Waals surface area contributed by atoms with E-state index in [1.165, 1.54) is 7.11 Å². The van der Waals surface area contributed by atoms with E-state index in [4.69, 9.17) is 10.5 Å². The fraction of sp³-hybridized carbons (Fsp3) is 0.0909. The summed E-state index contributed by atoms with van der Waals surface area (Å²) < 4.78 is 70.8. The van der Waals surface area contributed by atoms with Crippen molar-refractivity contribution in [3.8, 4) is 5.88 Å². The van der Waals surface area contributed by atoms with Crippen LogP contribution < -0.4 is 15.8 Å². The van der Waals surface area contributed by atoms with Crippen LogP contribution in [0.25, 0.3) is 0 Å². The highest BCUT2D eigenvalue weighted by Gasteiger charge is 2.26. The summed E-state index contributed by atoms with van der Waals surface area (Å²) in [7, 11) is 1.22. The fourth-order valence-electron chi connectivity index (χ4n) is 1.47. The number of nitrogens with zero attached hydrogens (tertiary/aromatic N) is 2. The summed E-state index contributed by atoms with van der Waals surface area (Å²) in [5.41, 5.74) is 3.99. The molecule has 3 N–H and O–H groups in total. The summed E-state index contributed by atoms with van der Waals surface area (Å²) in [4.78, 5) is 7.15. The molecule has 0 amide bonds. The van der Waals surface area contributed by atoms with Crippen LogP contribution in [0.5, 0.6) is 5.88 Å². The van der Waals surface area contributed by atoms with Crippen molar-refractivity contribution < 1.29 is 26.7 Å². The van der Waals surface area contributed by atoms with E-state index in [-0.39, 0.29) is 17.4 Å². The average Bonchev–Trinajstić information content (AvgIpc) is 2.49. The Labute approximate surface area is 114 Å². The molecule has 0 unspecified atom stereocenters. The van der Waals surface area contributed by atoms with Gasteiger partial charge < -0.3 is 15.8 Å². The van der Waals surface area contributed by atoms with Gasteiger partial charge in [0.2, 0.25) is 11.7 Å². The lowest BCUT2D eigenvalue weighted by atomic mass is 10.2. The minimum atomic E-state index is -2.26. The summed E-state index contributed by atoms with van der Waals surface area (Å²) in [6, 6.07) is 0. The molecule has 5 nitrogen and oxygen atoms in total. The predicted octanol–water partition coefficient (Wildman–Crippen LogP) is 2.51. The van der Waals surface area contributed by atoms with E-state index in [2.05, 4.69) is 9.97 Å². The van der Waals surface area contributed by atoms with Gasteiger partial charge in [-0.3, -0.25) is 0 Å². The van der Waals surface area contributed by atoms with Crippen molar-refractivity contribution in [2.24, 2.45) is 0 Å². The fourth-order valence-corrected chi connectivity index (χ4v) is 1.47.